The van der Waals surface area contributed by atoms with Crippen LogP contribution in [0, 0.1) is 0 Å². The van der Waals surface area contributed by atoms with Gasteiger partial charge in [0.15, 0.2) is 6.61 Å². The van der Waals surface area contributed by atoms with Crippen LogP contribution in [0.1, 0.15) is 34.3 Å². The Morgan fingerprint density at radius 3 is 2.66 bits per heavy atom. The topological polar surface area (TPSA) is 85.2 Å². The Bertz CT molecular complexity index is 1080. The molecule has 0 bridgehead atoms. The quantitative estimate of drug-likeness (QED) is 0.494. The molecule has 8 heteroatoms. The van der Waals surface area contributed by atoms with Crippen LogP contribution in [0.4, 0.5) is 0 Å². The van der Waals surface area contributed by atoms with Gasteiger partial charge in [-0.2, -0.15) is 5.10 Å². The standard InChI is InChI=1S/C24H25ClN4O3/c25-22-4-2-1-3-18(22)14-29-15-19(13-27-29)24(31)26-12-11-17-5-9-21(10-6-17)32-16-23(30)28-20-7-8-20/h1-6,9-10,13,15,20H,7-8,11-12,14,16H2,(H,26,31)(H,28,30). The average molecular weight is 453 g/mol. The number of amides is 2. The Kier molecular flexibility index (Phi) is 7.07. The van der Waals surface area contributed by atoms with Gasteiger partial charge in [0.05, 0.1) is 18.3 Å². The van der Waals surface area contributed by atoms with Crippen molar-refractivity contribution in [1.29, 1.82) is 0 Å². The molecule has 7 nitrogen and oxygen atoms in total. The fourth-order valence-electron chi connectivity index (χ4n) is 3.19. The number of aromatic nitrogens is 2. The van der Waals surface area contributed by atoms with Crippen LogP contribution in [-0.4, -0.2) is 40.8 Å². The maximum absolute atomic E-state index is 12.4. The summed E-state index contributed by atoms with van der Waals surface area (Å²) < 4.78 is 7.20. The minimum Gasteiger partial charge on any atom is -0.484 e. The molecule has 1 aliphatic rings. The molecule has 32 heavy (non-hydrogen) atoms. The smallest absolute Gasteiger partial charge is 0.258 e. The van der Waals surface area contributed by atoms with Crippen molar-refractivity contribution in [3.05, 3.63) is 82.6 Å². The first kappa shape index (κ1) is 21.9. The summed E-state index contributed by atoms with van der Waals surface area (Å²) in [7, 11) is 0. The lowest BCUT2D eigenvalue weighted by atomic mass is 10.1. The molecular weight excluding hydrogens is 428 g/mol. The zero-order valence-corrected chi connectivity index (χ0v) is 18.3. The highest BCUT2D eigenvalue weighted by molar-refractivity contribution is 6.31. The summed E-state index contributed by atoms with van der Waals surface area (Å²) >= 11 is 6.19. The Labute approximate surface area is 191 Å². The highest BCUT2D eigenvalue weighted by Gasteiger charge is 2.23. The lowest BCUT2D eigenvalue weighted by Crippen LogP contribution is -2.30. The summed E-state index contributed by atoms with van der Waals surface area (Å²) in [5.74, 6) is 0.390. The van der Waals surface area contributed by atoms with E-state index >= 15 is 0 Å². The van der Waals surface area contributed by atoms with E-state index in [1.54, 1.807) is 17.1 Å². The predicted octanol–water partition coefficient (Wildman–Crippen LogP) is 3.21. The highest BCUT2D eigenvalue weighted by Crippen LogP contribution is 2.19. The van der Waals surface area contributed by atoms with Crippen LogP contribution in [0.15, 0.2) is 60.9 Å². The number of benzene rings is 2. The number of nitrogens with zero attached hydrogens (tertiary/aromatic N) is 2. The maximum atomic E-state index is 12.4. The van der Waals surface area contributed by atoms with Gasteiger partial charge in [0, 0.05) is 23.8 Å². The van der Waals surface area contributed by atoms with Gasteiger partial charge in [-0.25, -0.2) is 0 Å². The fraction of sp³-hybridized carbons (Fsp3) is 0.292. The molecule has 0 aliphatic heterocycles. The second-order valence-electron chi connectivity index (χ2n) is 7.80. The van der Waals surface area contributed by atoms with Gasteiger partial charge in [0.2, 0.25) is 0 Å². The largest absolute Gasteiger partial charge is 0.484 e. The molecule has 1 aromatic heterocycles. The minimum absolute atomic E-state index is 0.0239. The summed E-state index contributed by atoms with van der Waals surface area (Å²) in [6, 6.07) is 15.4. The Hall–Kier alpha value is -3.32. The molecule has 4 rings (SSSR count). The first-order valence-electron chi connectivity index (χ1n) is 10.6. The van der Waals surface area contributed by atoms with Crippen LogP contribution >= 0.6 is 11.6 Å². The van der Waals surface area contributed by atoms with Gasteiger partial charge >= 0.3 is 0 Å². The van der Waals surface area contributed by atoms with Crippen molar-refractivity contribution in [3.63, 3.8) is 0 Å². The Morgan fingerprint density at radius 2 is 1.91 bits per heavy atom. The van der Waals surface area contributed by atoms with E-state index in [0.717, 1.165) is 24.0 Å². The van der Waals surface area contributed by atoms with Crippen LogP contribution in [0.25, 0.3) is 0 Å². The number of carbonyl (C=O) groups is 2. The number of hydrogen-bond acceptors (Lipinski definition) is 4. The lowest BCUT2D eigenvalue weighted by molar-refractivity contribution is -0.123. The molecule has 2 N–H and O–H groups in total. The van der Waals surface area contributed by atoms with E-state index in [9.17, 15) is 9.59 Å². The second-order valence-corrected chi connectivity index (χ2v) is 8.21. The number of nitrogens with one attached hydrogen (secondary N) is 2. The molecule has 0 saturated heterocycles. The molecule has 1 aliphatic carbocycles. The van der Waals surface area contributed by atoms with Gasteiger partial charge < -0.3 is 15.4 Å². The van der Waals surface area contributed by atoms with Crippen molar-refractivity contribution >= 4 is 23.4 Å². The van der Waals surface area contributed by atoms with Crippen LogP contribution in [-0.2, 0) is 17.8 Å². The zero-order chi connectivity index (χ0) is 22.3. The van der Waals surface area contributed by atoms with Crippen molar-refractivity contribution in [3.8, 4) is 5.75 Å². The Morgan fingerprint density at radius 1 is 1.12 bits per heavy atom. The van der Waals surface area contributed by atoms with Crippen LogP contribution in [0.3, 0.4) is 0 Å². The van der Waals surface area contributed by atoms with Crippen LogP contribution in [0.2, 0.25) is 5.02 Å². The van der Waals surface area contributed by atoms with E-state index < -0.39 is 0 Å². The maximum Gasteiger partial charge on any atom is 0.258 e. The van der Waals surface area contributed by atoms with E-state index in [1.165, 1.54) is 0 Å². The van der Waals surface area contributed by atoms with Crippen molar-refractivity contribution < 1.29 is 14.3 Å². The molecule has 1 heterocycles. The molecule has 1 saturated carbocycles. The minimum atomic E-state index is -0.169. The summed E-state index contributed by atoms with van der Waals surface area (Å²) in [5, 5.41) is 10.7. The predicted molar refractivity (Wildman–Crippen MR) is 122 cm³/mol. The monoisotopic (exact) mass is 452 g/mol. The van der Waals surface area contributed by atoms with Crippen LogP contribution in [0.5, 0.6) is 5.75 Å². The van der Waals surface area contributed by atoms with Gasteiger partial charge in [-0.3, -0.25) is 14.3 Å². The molecule has 166 valence electrons. The first-order chi connectivity index (χ1) is 15.6. The van der Waals surface area contributed by atoms with Gasteiger partial charge in [-0.05, 0) is 48.6 Å². The summed E-state index contributed by atoms with van der Waals surface area (Å²) in [5.41, 5.74) is 2.51. The van der Waals surface area contributed by atoms with Gasteiger partial charge in [0.1, 0.15) is 5.75 Å². The van der Waals surface area contributed by atoms with Gasteiger partial charge in [-0.15, -0.1) is 0 Å². The van der Waals surface area contributed by atoms with Crippen molar-refractivity contribution in [2.45, 2.75) is 31.8 Å². The number of rotatable bonds is 10. The molecule has 1 fully saturated rings. The summed E-state index contributed by atoms with van der Waals surface area (Å²) in [4.78, 5) is 24.1. The molecule has 0 atom stereocenters. The lowest BCUT2D eigenvalue weighted by Gasteiger charge is -2.08. The third kappa shape index (κ3) is 6.34. The summed E-state index contributed by atoms with van der Waals surface area (Å²) in [6.45, 7) is 1.03. The van der Waals surface area contributed by atoms with E-state index in [1.807, 2.05) is 48.5 Å². The van der Waals surface area contributed by atoms with Gasteiger partial charge in [0.25, 0.3) is 11.8 Å². The number of ether oxygens (including phenoxy) is 1. The molecule has 0 radical (unpaired) electrons. The molecule has 2 amide bonds. The van der Waals surface area contributed by atoms with Crippen molar-refractivity contribution in [2.24, 2.45) is 0 Å². The number of hydrogen-bond donors (Lipinski definition) is 2. The summed E-state index contributed by atoms with van der Waals surface area (Å²) in [6.07, 6.45) is 6.06. The number of halogens is 1. The molecule has 0 unspecified atom stereocenters. The molecule has 2 aromatic carbocycles. The van der Waals surface area contributed by atoms with E-state index in [-0.39, 0.29) is 18.4 Å². The molecular formula is C24H25ClN4O3. The van der Waals surface area contributed by atoms with Crippen molar-refractivity contribution in [1.82, 2.24) is 20.4 Å². The molecule has 0 spiro atoms. The fourth-order valence-corrected chi connectivity index (χ4v) is 3.38. The highest BCUT2D eigenvalue weighted by atomic mass is 35.5. The first-order valence-corrected chi connectivity index (χ1v) is 11.0. The van der Waals surface area contributed by atoms with Crippen LogP contribution < -0.4 is 15.4 Å². The van der Waals surface area contributed by atoms with E-state index in [4.69, 9.17) is 16.3 Å². The third-order valence-electron chi connectivity index (χ3n) is 5.12. The second kappa shape index (κ2) is 10.3. The van der Waals surface area contributed by atoms with E-state index in [2.05, 4.69) is 15.7 Å². The van der Waals surface area contributed by atoms with Gasteiger partial charge in [-0.1, -0.05) is 41.9 Å². The zero-order valence-electron chi connectivity index (χ0n) is 17.6. The molecule has 3 aromatic rings. The Balaban J connectivity index is 1.19. The van der Waals surface area contributed by atoms with Crippen molar-refractivity contribution in [2.75, 3.05) is 13.2 Å². The third-order valence-corrected chi connectivity index (χ3v) is 5.49. The normalized spacial score (nSPS) is 12.9. The number of carbonyl (C=O) groups excluding carboxylic acids is 2. The average Bonchev–Trinajstić information content (AvgIpc) is 3.48. The van der Waals surface area contributed by atoms with E-state index in [0.29, 0.717) is 41.9 Å². The SMILES string of the molecule is O=C(COc1ccc(CCNC(=O)c2cnn(Cc3ccccc3Cl)c2)cc1)NC1CC1.